The van der Waals surface area contributed by atoms with Crippen molar-refractivity contribution in [2.45, 2.75) is 32.8 Å². The van der Waals surface area contributed by atoms with Crippen LogP contribution in [-0.2, 0) is 4.74 Å². The Labute approximate surface area is 92.3 Å². The Morgan fingerprint density at radius 2 is 2.33 bits per heavy atom. The van der Waals surface area contributed by atoms with E-state index in [0.29, 0.717) is 6.61 Å². The molecule has 1 fully saturated rings. The summed E-state index contributed by atoms with van der Waals surface area (Å²) >= 11 is 0. The minimum atomic E-state index is -0.183. The molecule has 0 saturated carbocycles. The average Bonchev–Trinajstić information content (AvgIpc) is 2.17. The summed E-state index contributed by atoms with van der Waals surface area (Å²) in [6.07, 6.45) is 2.31. The molecule has 1 saturated heterocycles. The van der Waals surface area contributed by atoms with E-state index in [4.69, 9.17) is 15.9 Å². The maximum atomic E-state index is 7.35. The van der Waals surface area contributed by atoms with Crippen LogP contribution in [0.5, 0.6) is 0 Å². The standard InChI is InChI=1S/C11H23N3O/c1-9(2)4-3-5-14-6-7-15-10(8-14)11(12)13/h9-10H,3-8H2,1-2H3,(H3,12,13). The SMILES string of the molecule is CC(C)CCCN1CCOC(C(=N)N)C1. The number of morpholine rings is 1. The van der Waals surface area contributed by atoms with Crippen LogP contribution in [0.3, 0.4) is 0 Å². The van der Waals surface area contributed by atoms with E-state index in [1.54, 1.807) is 0 Å². The molecule has 0 aromatic rings. The van der Waals surface area contributed by atoms with E-state index in [0.717, 1.165) is 25.6 Å². The van der Waals surface area contributed by atoms with Crippen molar-refractivity contribution in [2.75, 3.05) is 26.2 Å². The van der Waals surface area contributed by atoms with Crippen molar-refractivity contribution in [1.29, 1.82) is 5.41 Å². The second-order valence-corrected chi connectivity index (χ2v) is 4.65. The summed E-state index contributed by atoms with van der Waals surface area (Å²) in [6, 6.07) is 0. The number of nitrogens with one attached hydrogen (secondary N) is 1. The summed E-state index contributed by atoms with van der Waals surface area (Å²) in [5.74, 6) is 0.929. The van der Waals surface area contributed by atoms with Gasteiger partial charge in [0.25, 0.3) is 0 Å². The van der Waals surface area contributed by atoms with Crippen molar-refractivity contribution >= 4 is 5.84 Å². The molecule has 1 unspecified atom stereocenters. The van der Waals surface area contributed by atoms with Crippen molar-refractivity contribution < 1.29 is 4.74 Å². The highest BCUT2D eigenvalue weighted by atomic mass is 16.5. The Kier molecular flexibility index (Phi) is 5.05. The molecule has 0 aromatic heterocycles. The molecule has 0 aliphatic carbocycles. The van der Waals surface area contributed by atoms with Crippen LogP contribution in [0.15, 0.2) is 0 Å². The lowest BCUT2D eigenvalue weighted by Gasteiger charge is -2.32. The van der Waals surface area contributed by atoms with Gasteiger partial charge in [-0.2, -0.15) is 0 Å². The van der Waals surface area contributed by atoms with E-state index in [1.807, 2.05) is 0 Å². The van der Waals surface area contributed by atoms with Crippen LogP contribution in [0, 0.1) is 11.3 Å². The van der Waals surface area contributed by atoms with E-state index < -0.39 is 0 Å². The van der Waals surface area contributed by atoms with Gasteiger partial charge in [-0.3, -0.25) is 10.3 Å². The third kappa shape index (κ3) is 4.62. The van der Waals surface area contributed by atoms with Crippen molar-refractivity contribution in [1.82, 2.24) is 4.90 Å². The lowest BCUT2D eigenvalue weighted by Crippen LogP contribution is -2.48. The van der Waals surface area contributed by atoms with Gasteiger partial charge in [-0.15, -0.1) is 0 Å². The van der Waals surface area contributed by atoms with Gasteiger partial charge in [0, 0.05) is 13.1 Å². The van der Waals surface area contributed by atoms with Gasteiger partial charge in [0.2, 0.25) is 0 Å². The quantitative estimate of drug-likeness (QED) is 0.530. The van der Waals surface area contributed by atoms with Crippen molar-refractivity contribution in [2.24, 2.45) is 11.7 Å². The molecular weight excluding hydrogens is 190 g/mol. The van der Waals surface area contributed by atoms with Gasteiger partial charge in [0.05, 0.1) is 6.61 Å². The summed E-state index contributed by atoms with van der Waals surface area (Å²) in [4.78, 5) is 2.35. The van der Waals surface area contributed by atoms with Gasteiger partial charge in [-0.1, -0.05) is 13.8 Å². The average molecular weight is 213 g/mol. The fourth-order valence-corrected chi connectivity index (χ4v) is 1.82. The zero-order valence-electron chi connectivity index (χ0n) is 9.83. The molecular formula is C11H23N3O. The first-order chi connectivity index (χ1) is 7.09. The summed E-state index contributed by atoms with van der Waals surface area (Å²) in [7, 11) is 0. The van der Waals surface area contributed by atoms with Crippen LogP contribution >= 0.6 is 0 Å². The van der Waals surface area contributed by atoms with Gasteiger partial charge >= 0.3 is 0 Å². The van der Waals surface area contributed by atoms with Gasteiger partial charge in [-0.05, 0) is 25.3 Å². The highest BCUT2D eigenvalue weighted by molar-refractivity contribution is 5.82. The van der Waals surface area contributed by atoms with E-state index >= 15 is 0 Å². The molecule has 1 aliphatic heterocycles. The van der Waals surface area contributed by atoms with E-state index in [-0.39, 0.29) is 11.9 Å². The topological polar surface area (TPSA) is 62.3 Å². The van der Waals surface area contributed by atoms with Crippen molar-refractivity contribution in [3.63, 3.8) is 0 Å². The summed E-state index contributed by atoms with van der Waals surface area (Å²) in [5, 5.41) is 7.35. The van der Waals surface area contributed by atoms with Crippen molar-refractivity contribution in [3.05, 3.63) is 0 Å². The molecule has 0 radical (unpaired) electrons. The van der Waals surface area contributed by atoms with Gasteiger partial charge in [0.15, 0.2) is 0 Å². The summed E-state index contributed by atoms with van der Waals surface area (Å²) in [6.45, 7) is 8.06. The first-order valence-corrected chi connectivity index (χ1v) is 5.77. The van der Waals surface area contributed by atoms with Crippen LogP contribution in [0.25, 0.3) is 0 Å². The van der Waals surface area contributed by atoms with Crippen molar-refractivity contribution in [3.8, 4) is 0 Å². The maximum Gasteiger partial charge on any atom is 0.127 e. The zero-order chi connectivity index (χ0) is 11.3. The second-order valence-electron chi connectivity index (χ2n) is 4.65. The molecule has 88 valence electrons. The molecule has 4 nitrogen and oxygen atoms in total. The zero-order valence-corrected chi connectivity index (χ0v) is 9.83. The third-order valence-corrected chi connectivity index (χ3v) is 2.75. The number of amidine groups is 1. The molecule has 1 heterocycles. The number of nitrogens with two attached hydrogens (primary N) is 1. The lowest BCUT2D eigenvalue weighted by atomic mass is 10.1. The van der Waals surface area contributed by atoms with E-state index in [9.17, 15) is 0 Å². The highest BCUT2D eigenvalue weighted by Crippen LogP contribution is 2.09. The molecule has 0 bridgehead atoms. The monoisotopic (exact) mass is 213 g/mol. The minimum absolute atomic E-state index is 0.156. The number of hydrogen-bond acceptors (Lipinski definition) is 3. The molecule has 1 rings (SSSR count). The van der Waals surface area contributed by atoms with Crippen LogP contribution in [0.4, 0.5) is 0 Å². The molecule has 1 aliphatic rings. The maximum absolute atomic E-state index is 7.35. The first-order valence-electron chi connectivity index (χ1n) is 5.77. The molecule has 15 heavy (non-hydrogen) atoms. The Balaban J connectivity index is 2.21. The Bertz CT molecular complexity index is 206. The second kappa shape index (κ2) is 6.08. The summed E-state index contributed by atoms with van der Waals surface area (Å²) in [5.41, 5.74) is 5.44. The number of rotatable bonds is 5. The number of ether oxygens (including phenoxy) is 1. The third-order valence-electron chi connectivity index (χ3n) is 2.75. The fraction of sp³-hybridized carbons (Fsp3) is 0.909. The van der Waals surface area contributed by atoms with Gasteiger partial charge in [-0.25, -0.2) is 0 Å². The van der Waals surface area contributed by atoms with Crippen LogP contribution in [0.1, 0.15) is 26.7 Å². The Morgan fingerprint density at radius 3 is 2.93 bits per heavy atom. The number of hydrogen-bond donors (Lipinski definition) is 2. The van der Waals surface area contributed by atoms with E-state index in [1.165, 1.54) is 12.8 Å². The molecule has 3 N–H and O–H groups in total. The predicted molar refractivity (Wildman–Crippen MR) is 62.2 cm³/mol. The smallest absolute Gasteiger partial charge is 0.127 e. The Morgan fingerprint density at radius 1 is 1.60 bits per heavy atom. The van der Waals surface area contributed by atoms with Gasteiger partial charge in [0.1, 0.15) is 11.9 Å². The van der Waals surface area contributed by atoms with E-state index in [2.05, 4.69) is 18.7 Å². The molecule has 0 aromatic carbocycles. The highest BCUT2D eigenvalue weighted by Gasteiger charge is 2.21. The summed E-state index contributed by atoms with van der Waals surface area (Å²) < 4.78 is 5.41. The van der Waals surface area contributed by atoms with Crippen LogP contribution in [0.2, 0.25) is 0 Å². The largest absolute Gasteiger partial charge is 0.385 e. The molecule has 4 heteroatoms. The van der Waals surface area contributed by atoms with Crippen LogP contribution < -0.4 is 5.73 Å². The number of nitrogens with zero attached hydrogens (tertiary/aromatic N) is 1. The fourth-order valence-electron chi connectivity index (χ4n) is 1.82. The minimum Gasteiger partial charge on any atom is -0.385 e. The Hall–Kier alpha value is -0.610. The van der Waals surface area contributed by atoms with Crippen LogP contribution in [-0.4, -0.2) is 43.1 Å². The molecule has 0 spiro atoms. The lowest BCUT2D eigenvalue weighted by molar-refractivity contribution is 0.00490. The molecule has 0 amide bonds. The molecule has 1 atom stereocenters. The normalized spacial score (nSPS) is 23.3. The first kappa shape index (κ1) is 12.5. The predicted octanol–water partition coefficient (Wildman–Crippen LogP) is 1.06. The van der Waals surface area contributed by atoms with Gasteiger partial charge < -0.3 is 10.5 Å².